The Kier molecular flexibility index (Phi) is 4.58. The molecular formula is C15H12ClFO3. The van der Waals surface area contributed by atoms with Crippen LogP contribution in [0.15, 0.2) is 42.5 Å². The molecule has 2 aromatic carbocycles. The molecule has 0 amide bonds. The number of hydrogen-bond acceptors (Lipinski definition) is 3. The van der Waals surface area contributed by atoms with E-state index in [1.807, 2.05) is 0 Å². The summed E-state index contributed by atoms with van der Waals surface area (Å²) in [6.07, 6.45) is 0. The van der Waals surface area contributed by atoms with Gasteiger partial charge in [-0.2, -0.15) is 0 Å². The Hall–Kier alpha value is -2.07. The van der Waals surface area contributed by atoms with Gasteiger partial charge < -0.3 is 9.47 Å². The zero-order valence-electron chi connectivity index (χ0n) is 10.7. The van der Waals surface area contributed by atoms with Crippen molar-refractivity contribution in [2.24, 2.45) is 0 Å². The van der Waals surface area contributed by atoms with E-state index >= 15 is 0 Å². The van der Waals surface area contributed by atoms with Gasteiger partial charge in [-0.05, 0) is 24.3 Å². The van der Waals surface area contributed by atoms with Crippen molar-refractivity contribution in [2.45, 2.75) is 6.61 Å². The zero-order valence-corrected chi connectivity index (χ0v) is 11.5. The minimum atomic E-state index is -0.479. The molecule has 0 saturated heterocycles. The molecule has 104 valence electrons. The van der Waals surface area contributed by atoms with Crippen LogP contribution in [0.25, 0.3) is 0 Å². The Morgan fingerprint density at radius 2 is 2.00 bits per heavy atom. The van der Waals surface area contributed by atoms with Gasteiger partial charge in [0.25, 0.3) is 0 Å². The number of ether oxygens (including phenoxy) is 2. The fraction of sp³-hybridized carbons (Fsp3) is 0.133. The highest BCUT2D eigenvalue weighted by Gasteiger charge is 2.10. The Labute approximate surface area is 120 Å². The normalized spacial score (nSPS) is 10.2. The predicted octanol–water partition coefficient (Wildman–Crippen LogP) is 3.84. The third-order valence-corrected chi connectivity index (χ3v) is 2.99. The molecule has 2 rings (SSSR count). The van der Waals surface area contributed by atoms with Crippen LogP contribution in [0.1, 0.15) is 15.9 Å². The van der Waals surface area contributed by atoms with E-state index in [9.17, 15) is 9.18 Å². The van der Waals surface area contributed by atoms with Gasteiger partial charge in [-0.1, -0.05) is 29.8 Å². The van der Waals surface area contributed by atoms with Gasteiger partial charge >= 0.3 is 5.97 Å². The molecule has 2 aromatic rings. The van der Waals surface area contributed by atoms with Gasteiger partial charge in [0, 0.05) is 5.56 Å². The molecule has 0 spiro atoms. The van der Waals surface area contributed by atoms with E-state index < -0.39 is 5.97 Å². The summed E-state index contributed by atoms with van der Waals surface area (Å²) in [5.41, 5.74) is 0.761. The number of carbonyl (C=O) groups excluding carboxylic acids is 1. The van der Waals surface area contributed by atoms with Crippen LogP contribution in [-0.2, 0) is 11.3 Å². The number of carbonyl (C=O) groups is 1. The number of methoxy groups -OCH3 is 1. The van der Waals surface area contributed by atoms with E-state index in [0.717, 1.165) is 0 Å². The molecule has 20 heavy (non-hydrogen) atoms. The van der Waals surface area contributed by atoms with E-state index in [-0.39, 0.29) is 17.4 Å². The van der Waals surface area contributed by atoms with E-state index in [2.05, 4.69) is 4.74 Å². The van der Waals surface area contributed by atoms with Crippen molar-refractivity contribution in [1.82, 2.24) is 0 Å². The Balaban J connectivity index is 2.11. The maximum atomic E-state index is 13.4. The lowest BCUT2D eigenvalue weighted by atomic mass is 10.2. The molecule has 0 heterocycles. The molecule has 0 aliphatic rings. The Morgan fingerprint density at radius 3 is 2.65 bits per heavy atom. The van der Waals surface area contributed by atoms with Crippen LogP contribution in [0.5, 0.6) is 5.75 Å². The lowest BCUT2D eigenvalue weighted by Gasteiger charge is -2.09. The maximum absolute atomic E-state index is 13.4. The smallest absolute Gasteiger partial charge is 0.337 e. The molecule has 0 fully saturated rings. The van der Waals surface area contributed by atoms with Crippen molar-refractivity contribution in [3.8, 4) is 5.75 Å². The fourth-order valence-electron chi connectivity index (χ4n) is 1.63. The summed E-state index contributed by atoms with van der Waals surface area (Å²) in [7, 11) is 1.29. The van der Waals surface area contributed by atoms with Gasteiger partial charge in [0.1, 0.15) is 18.2 Å². The van der Waals surface area contributed by atoms with Crippen molar-refractivity contribution in [2.75, 3.05) is 7.11 Å². The Bertz CT molecular complexity index is 628. The number of rotatable bonds is 4. The summed E-state index contributed by atoms with van der Waals surface area (Å²) in [5.74, 6) is -0.440. The van der Waals surface area contributed by atoms with Crippen LogP contribution in [0, 0.1) is 5.82 Å². The minimum Gasteiger partial charge on any atom is -0.487 e. The van der Waals surface area contributed by atoms with Gasteiger partial charge in [-0.3, -0.25) is 0 Å². The van der Waals surface area contributed by atoms with Crippen molar-refractivity contribution >= 4 is 17.6 Å². The van der Waals surface area contributed by atoms with Crippen LogP contribution < -0.4 is 4.74 Å². The van der Waals surface area contributed by atoms with E-state index in [1.54, 1.807) is 24.3 Å². The largest absolute Gasteiger partial charge is 0.487 e. The standard InChI is InChI=1S/C15H12ClFO3/c1-19-15(18)10-6-7-14(12(16)8-10)20-9-11-4-2-3-5-13(11)17/h2-8H,9H2,1H3. The molecule has 0 unspecified atom stereocenters. The van der Waals surface area contributed by atoms with E-state index in [4.69, 9.17) is 16.3 Å². The fourth-order valence-corrected chi connectivity index (χ4v) is 1.87. The van der Waals surface area contributed by atoms with Crippen LogP contribution in [0.3, 0.4) is 0 Å². The van der Waals surface area contributed by atoms with E-state index in [0.29, 0.717) is 16.9 Å². The first-order valence-electron chi connectivity index (χ1n) is 5.86. The minimum absolute atomic E-state index is 0.0595. The highest BCUT2D eigenvalue weighted by molar-refractivity contribution is 6.32. The van der Waals surface area contributed by atoms with Crippen LogP contribution in [0.2, 0.25) is 5.02 Å². The molecule has 3 nitrogen and oxygen atoms in total. The number of hydrogen-bond donors (Lipinski definition) is 0. The first kappa shape index (κ1) is 14.3. The molecule has 5 heteroatoms. The first-order valence-corrected chi connectivity index (χ1v) is 6.23. The van der Waals surface area contributed by atoms with Crippen LogP contribution in [-0.4, -0.2) is 13.1 Å². The number of esters is 1. The average Bonchev–Trinajstić information content (AvgIpc) is 2.46. The molecule has 0 saturated carbocycles. The maximum Gasteiger partial charge on any atom is 0.337 e. The molecule has 0 aliphatic heterocycles. The first-order chi connectivity index (χ1) is 9.61. The van der Waals surface area contributed by atoms with Crippen molar-refractivity contribution in [3.05, 3.63) is 64.4 Å². The SMILES string of the molecule is COC(=O)c1ccc(OCc2ccccc2F)c(Cl)c1. The third kappa shape index (κ3) is 3.27. The lowest BCUT2D eigenvalue weighted by molar-refractivity contribution is 0.0600. The van der Waals surface area contributed by atoms with Crippen molar-refractivity contribution in [1.29, 1.82) is 0 Å². The summed E-state index contributed by atoms with van der Waals surface area (Å²) >= 11 is 6.01. The molecule has 0 N–H and O–H groups in total. The monoisotopic (exact) mass is 294 g/mol. The van der Waals surface area contributed by atoms with Crippen LogP contribution in [0.4, 0.5) is 4.39 Å². The summed E-state index contributed by atoms with van der Waals surface area (Å²) < 4.78 is 23.5. The molecule has 0 aliphatic carbocycles. The van der Waals surface area contributed by atoms with Gasteiger partial charge in [-0.25, -0.2) is 9.18 Å². The second-order valence-corrected chi connectivity index (χ2v) is 4.42. The number of halogens is 2. The molecule has 0 bridgehead atoms. The summed E-state index contributed by atoms with van der Waals surface area (Å²) in [6.45, 7) is 0.0595. The van der Waals surface area contributed by atoms with E-state index in [1.165, 1.54) is 25.3 Å². The molecule has 0 radical (unpaired) electrons. The van der Waals surface area contributed by atoms with Crippen molar-refractivity contribution < 1.29 is 18.7 Å². The third-order valence-electron chi connectivity index (χ3n) is 2.69. The van der Waals surface area contributed by atoms with Crippen molar-refractivity contribution in [3.63, 3.8) is 0 Å². The second-order valence-electron chi connectivity index (χ2n) is 4.02. The Morgan fingerprint density at radius 1 is 1.25 bits per heavy atom. The quantitative estimate of drug-likeness (QED) is 0.804. The summed E-state index contributed by atoms with van der Waals surface area (Å²) in [6, 6.07) is 10.9. The summed E-state index contributed by atoms with van der Waals surface area (Å²) in [4.78, 5) is 11.3. The second kappa shape index (κ2) is 6.39. The lowest BCUT2D eigenvalue weighted by Crippen LogP contribution is -2.02. The molecule has 0 aromatic heterocycles. The zero-order chi connectivity index (χ0) is 14.5. The highest BCUT2D eigenvalue weighted by Crippen LogP contribution is 2.26. The average molecular weight is 295 g/mol. The topological polar surface area (TPSA) is 35.5 Å². The van der Waals surface area contributed by atoms with Gasteiger partial charge in [0.05, 0.1) is 17.7 Å². The molecule has 0 atom stereocenters. The predicted molar refractivity (Wildman–Crippen MR) is 73.5 cm³/mol. The molecular weight excluding hydrogens is 283 g/mol. The highest BCUT2D eigenvalue weighted by atomic mass is 35.5. The summed E-state index contributed by atoms with van der Waals surface area (Å²) in [5, 5.41) is 0.268. The van der Waals surface area contributed by atoms with Gasteiger partial charge in [0.15, 0.2) is 0 Å². The number of benzene rings is 2. The van der Waals surface area contributed by atoms with Gasteiger partial charge in [0.2, 0.25) is 0 Å². The van der Waals surface area contributed by atoms with Crippen LogP contribution >= 0.6 is 11.6 Å². The van der Waals surface area contributed by atoms with Gasteiger partial charge in [-0.15, -0.1) is 0 Å².